The lowest BCUT2D eigenvalue weighted by Crippen LogP contribution is -2.38. The van der Waals surface area contributed by atoms with Crippen molar-refractivity contribution in [2.45, 2.75) is 37.6 Å². The monoisotopic (exact) mass is 344 g/mol. The van der Waals surface area contributed by atoms with Gasteiger partial charge in [0, 0.05) is 18.5 Å². The second-order valence-electron chi connectivity index (χ2n) is 6.56. The van der Waals surface area contributed by atoms with E-state index in [1.165, 1.54) is 24.3 Å². The van der Waals surface area contributed by atoms with Crippen LogP contribution in [0.5, 0.6) is 0 Å². The van der Waals surface area contributed by atoms with Crippen LogP contribution in [-0.2, 0) is 0 Å². The summed E-state index contributed by atoms with van der Waals surface area (Å²) in [6, 6.07) is 12.7. The maximum absolute atomic E-state index is 13.2. The lowest BCUT2D eigenvalue weighted by atomic mass is 9.87. The van der Waals surface area contributed by atoms with Gasteiger partial charge in [-0.3, -0.25) is 0 Å². The van der Waals surface area contributed by atoms with Crippen LogP contribution in [0, 0.1) is 11.6 Å². The number of benzene rings is 2. The lowest BCUT2D eigenvalue weighted by molar-refractivity contribution is 0.203. The van der Waals surface area contributed by atoms with Gasteiger partial charge in [-0.25, -0.2) is 13.6 Å². The largest absolute Gasteiger partial charge is 0.351 e. The highest BCUT2D eigenvalue weighted by atomic mass is 19.1. The molecule has 0 saturated heterocycles. The van der Waals surface area contributed by atoms with Crippen LogP contribution in [0.2, 0.25) is 0 Å². The maximum atomic E-state index is 13.2. The van der Waals surface area contributed by atoms with Gasteiger partial charge >= 0.3 is 6.03 Å². The normalized spacial score (nSPS) is 13.9. The molecule has 0 aromatic heterocycles. The van der Waals surface area contributed by atoms with Crippen molar-refractivity contribution >= 4 is 6.03 Å². The molecule has 0 spiro atoms. The van der Waals surface area contributed by atoms with Gasteiger partial charge in [-0.15, -0.1) is 0 Å². The fraction of sp³-hybridized carbons (Fsp3) is 0.350. The number of hydrogen-bond acceptors (Lipinski definition) is 1. The number of primary amides is 1. The zero-order valence-corrected chi connectivity index (χ0v) is 14.0. The molecule has 2 aromatic rings. The minimum absolute atomic E-state index is 0.0233. The predicted octanol–water partition coefficient (Wildman–Crippen LogP) is 4.42. The van der Waals surface area contributed by atoms with Gasteiger partial charge in [0.25, 0.3) is 0 Å². The van der Waals surface area contributed by atoms with Crippen molar-refractivity contribution in [1.29, 1.82) is 0 Å². The van der Waals surface area contributed by atoms with Crippen LogP contribution in [0.15, 0.2) is 48.5 Å². The van der Waals surface area contributed by atoms with Gasteiger partial charge in [-0.1, -0.05) is 24.3 Å². The number of amides is 2. The van der Waals surface area contributed by atoms with Gasteiger partial charge in [0.1, 0.15) is 11.6 Å². The summed E-state index contributed by atoms with van der Waals surface area (Å²) in [4.78, 5) is 13.3. The van der Waals surface area contributed by atoms with Gasteiger partial charge < -0.3 is 10.6 Å². The van der Waals surface area contributed by atoms with E-state index >= 15 is 0 Å². The molecule has 3 nitrogen and oxygen atoms in total. The first-order valence-electron chi connectivity index (χ1n) is 8.61. The SMILES string of the molecule is NC(=O)N(CCCC(c1ccc(F)cc1)c1ccc(F)cc1)C1CC1. The first-order chi connectivity index (χ1) is 12.0. The van der Waals surface area contributed by atoms with E-state index in [9.17, 15) is 13.6 Å². The molecule has 132 valence electrons. The Kier molecular flexibility index (Phi) is 5.31. The molecule has 1 aliphatic rings. The van der Waals surface area contributed by atoms with E-state index in [1.807, 2.05) is 0 Å². The minimum atomic E-state index is -0.373. The summed E-state index contributed by atoms with van der Waals surface area (Å²) in [5, 5.41) is 0. The molecule has 0 radical (unpaired) electrons. The van der Waals surface area contributed by atoms with Crippen molar-refractivity contribution in [2.24, 2.45) is 5.73 Å². The zero-order chi connectivity index (χ0) is 17.8. The highest BCUT2D eigenvalue weighted by molar-refractivity contribution is 5.72. The Labute approximate surface area is 146 Å². The van der Waals surface area contributed by atoms with E-state index in [0.29, 0.717) is 6.54 Å². The summed E-state index contributed by atoms with van der Waals surface area (Å²) in [6.07, 6.45) is 3.58. The van der Waals surface area contributed by atoms with Crippen LogP contribution in [0.25, 0.3) is 0 Å². The summed E-state index contributed by atoms with van der Waals surface area (Å²) in [5.41, 5.74) is 7.41. The number of nitrogens with two attached hydrogens (primary N) is 1. The quantitative estimate of drug-likeness (QED) is 0.794. The average molecular weight is 344 g/mol. The number of urea groups is 1. The van der Waals surface area contributed by atoms with Crippen molar-refractivity contribution in [3.8, 4) is 0 Å². The molecule has 1 aliphatic carbocycles. The molecule has 1 fully saturated rings. The van der Waals surface area contributed by atoms with Gasteiger partial charge in [-0.05, 0) is 61.1 Å². The van der Waals surface area contributed by atoms with Gasteiger partial charge in [0.05, 0.1) is 0 Å². The zero-order valence-electron chi connectivity index (χ0n) is 14.0. The number of carbonyl (C=O) groups is 1. The highest BCUT2D eigenvalue weighted by Gasteiger charge is 2.31. The fourth-order valence-corrected chi connectivity index (χ4v) is 3.24. The highest BCUT2D eigenvalue weighted by Crippen LogP contribution is 2.31. The minimum Gasteiger partial charge on any atom is -0.351 e. The van der Waals surface area contributed by atoms with Crippen molar-refractivity contribution < 1.29 is 13.6 Å². The molecular formula is C20H22F2N2O. The summed E-state index contributed by atoms with van der Waals surface area (Å²) < 4.78 is 26.5. The Bertz CT molecular complexity index is 666. The second kappa shape index (κ2) is 7.64. The van der Waals surface area contributed by atoms with Crippen molar-refractivity contribution in [3.63, 3.8) is 0 Å². The summed E-state index contributed by atoms with van der Waals surface area (Å²) in [6.45, 7) is 0.610. The Morgan fingerprint density at radius 2 is 1.48 bits per heavy atom. The van der Waals surface area contributed by atoms with Gasteiger partial charge in [-0.2, -0.15) is 0 Å². The van der Waals surface area contributed by atoms with Crippen molar-refractivity contribution in [3.05, 3.63) is 71.3 Å². The Hall–Kier alpha value is -2.43. The first-order valence-corrected chi connectivity index (χ1v) is 8.61. The molecule has 0 unspecified atom stereocenters. The standard InChI is InChI=1S/C20H22F2N2O/c21-16-7-3-14(4-8-16)19(15-5-9-17(22)10-6-15)2-1-13-24(20(23)25)18-11-12-18/h3-10,18-19H,1-2,11-13H2,(H2,23,25). The van der Waals surface area contributed by atoms with E-state index in [2.05, 4.69) is 0 Å². The third-order valence-electron chi connectivity index (χ3n) is 4.71. The molecule has 1 saturated carbocycles. The summed E-state index contributed by atoms with van der Waals surface area (Å²) >= 11 is 0. The molecule has 0 bridgehead atoms. The second-order valence-corrected chi connectivity index (χ2v) is 6.56. The van der Waals surface area contributed by atoms with E-state index in [0.717, 1.165) is 36.8 Å². The Morgan fingerprint density at radius 1 is 1.00 bits per heavy atom. The third kappa shape index (κ3) is 4.56. The van der Waals surface area contributed by atoms with E-state index in [-0.39, 0.29) is 29.6 Å². The molecule has 0 heterocycles. The molecule has 25 heavy (non-hydrogen) atoms. The van der Waals surface area contributed by atoms with Crippen LogP contribution >= 0.6 is 0 Å². The van der Waals surface area contributed by atoms with E-state index in [4.69, 9.17) is 5.73 Å². The van der Waals surface area contributed by atoms with Crippen LogP contribution in [-0.4, -0.2) is 23.5 Å². The molecule has 3 rings (SSSR count). The lowest BCUT2D eigenvalue weighted by Gasteiger charge is -2.23. The third-order valence-corrected chi connectivity index (χ3v) is 4.71. The van der Waals surface area contributed by atoms with Crippen LogP contribution in [0.3, 0.4) is 0 Å². The molecule has 2 aromatic carbocycles. The molecule has 2 amide bonds. The average Bonchev–Trinajstić information content (AvgIpc) is 3.42. The van der Waals surface area contributed by atoms with Gasteiger partial charge in [0.15, 0.2) is 0 Å². The fourth-order valence-electron chi connectivity index (χ4n) is 3.24. The van der Waals surface area contributed by atoms with Gasteiger partial charge in [0.2, 0.25) is 0 Å². The molecule has 0 aliphatic heterocycles. The van der Waals surface area contributed by atoms with Crippen molar-refractivity contribution in [1.82, 2.24) is 4.90 Å². The predicted molar refractivity (Wildman–Crippen MR) is 93.2 cm³/mol. The van der Waals surface area contributed by atoms with Crippen LogP contribution in [0.1, 0.15) is 42.7 Å². The first kappa shape index (κ1) is 17.4. The smallest absolute Gasteiger partial charge is 0.315 e. The number of nitrogens with zero attached hydrogens (tertiary/aromatic N) is 1. The van der Waals surface area contributed by atoms with Crippen LogP contribution in [0.4, 0.5) is 13.6 Å². The summed E-state index contributed by atoms with van der Waals surface area (Å²) in [5.74, 6) is -0.541. The number of carbonyl (C=O) groups excluding carboxylic acids is 1. The Balaban J connectivity index is 1.73. The topological polar surface area (TPSA) is 46.3 Å². The number of rotatable bonds is 7. The molecular weight excluding hydrogens is 322 g/mol. The van der Waals surface area contributed by atoms with Crippen LogP contribution < -0.4 is 5.73 Å². The van der Waals surface area contributed by atoms with E-state index < -0.39 is 0 Å². The number of halogens is 2. The van der Waals surface area contributed by atoms with E-state index in [1.54, 1.807) is 29.2 Å². The number of hydrogen-bond donors (Lipinski definition) is 1. The summed E-state index contributed by atoms with van der Waals surface area (Å²) in [7, 11) is 0. The molecule has 2 N–H and O–H groups in total. The molecule has 5 heteroatoms. The Morgan fingerprint density at radius 3 is 1.88 bits per heavy atom. The maximum Gasteiger partial charge on any atom is 0.315 e. The van der Waals surface area contributed by atoms with Crippen molar-refractivity contribution in [2.75, 3.05) is 6.54 Å². The molecule has 0 atom stereocenters.